The van der Waals surface area contributed by atoms with Crippen molar-refractivity contribution in [3.63, 3.8) is 0 Å². The number of thiocarbonyl (C=S) groups is 1. The van der Waals surface area contributed by atoms with E-state index in [1.54, 1.807) is 6.08 Å². The normalized spacial score (nSPS) is 5.68. The fourth-order valence-electron chi connectivity index (χ4n) is 0. The SMILES string of the molecule is C.C.C.C.C.C.C=CC.CC(=O)O.CC(C)(F)F.CC(C)=O.CC(C)=O.CC(C)=S.[B]. The Labute approximate surface area is 203 Å². The number of ketones is 2. The average Bonchev–Trinajstić information content (AvgIpc) is 2.09. The molecular formula is C23H58BF2O4S. The number of alkyl halides is 2. The van der Waals surface area contributed by atoms with Gasteiger partial charge < -0.3 is 14.7 Å². The molecule has 0 fully saturated rings. The third-order valence-corrected chi connectivity index (χ3v) is 0. The van der Waals surface area contributed by atoms with E-state index in [1.807, 2.05) is 20.8 Å². The van der Waals surface area contributed by atoms with Gasteiger partial charge in [-0.1, -0.05) is 62.9 Å². The monoisotopic (exact) mass is 479 g/mol. The second kappa shape index (κ2) is 70.3. The highest BCUT2D eigenvalue weighted by atomic mass is 32.1. The summed E-state index contributed by atoms with van der Waals surface area (Å²) in [4.78, 5) is 28.9. The van der Waals surface area contributed by atoms with Gasteiger partial charge in [-0.3, -0.25) is 4.79 Å². The molecule has 8 heteroatoms. The summed E-state index contributed by atoms with van der Waals surface area (Å²) < 4.78 is 22.0. The molecule has 3 radical (unpaired) electrons. The lowest BCUT2D eigenvalue weighted by atomic mass is 10.5. The Morgan fingerprint density at radius 1 is 0.774 bits per heavy atom. The molecule has 4 nitrogen and oxygen atoms in total. The Morgan fingerprint density at radius 2 is 0.774 bits per heavy atom. The van der Waals surface area contributed by atoms with E-state index in [4.69, 9.17) is 9.90 Å². The number of allylic oxidation sites excluding steroid dienone is 1. The number of carboxylic acids is 1. The second-order valence-electron chi connectivity index (χ2n) is 4.98. The Kier molecular flexibility index (Phi) is 200. The molecule has 0 aliphatic rings. The fourth-order valence-corrected chi connectivity index (χ4v) is 0. The third-order valence-electron chi connectivity index (χ3n) is 0. The maximum Gasteiger partial charge on any atom is 0.300 e. The van der Waals surface area contributed by atoms with Crippen molar-refractivity contribution < 1.29 is 28.3 Å². The molecule has 0 saturated heterocycles. The first kappa shape index (κ1) is 87.9. The minimum atomic E-state index is -2.50. The summed E-state index contributed by atoms with van der Waals surface area (Å²) in [7, 11) is 0. The molecule has 0 aliphatic carbocycles. The van der Waals surface area contributed by atoms with Gasteiger partial charge in [0, 0.05) is 15.3 Å². The number of halogens is 2. The Morgan fingerprint density at radius 3 is 0.774 bits per heavy atom. The van der Waals surface area contributed by atoms with Gasteiger partial charge in [-0.05, 0) is 67.2 Å². The topological polar surface area (TPSA) is 71.4 Å². The summed E-state index contributed by atoms with van der Waals surface area (Å²) >= 11 is 4.54. The summed E-state index contributed by atoms with van der Waals surface area (Å²) in [5.41, 5.74) is 0. The lowest BCUT2D eigenvalue weighted by molar-refractivity contribution is -0.134. The van der Waals surface area contributed by atoms with Gasteiger partial charge in [0.1, 0.15) is 11.6 Å². The van der Waals surface area contributed by atoms with Crippen molar-refractivity contribution in [1.82, 2.24) is 0 Å². The van der Waals surface area contributed by atoms with Crippen LogP contribution in [0.5, 0.6) is 0 Å². The first-order valence-electron chi connectivity index (χ1n) is 6.90. The largest absolute Gasteiger partial charge is 0.481 e. The first-order valence-corrected chi connectivity index (χ1v) is 7.31. The van der Waals surface area contributed by atoms with Crippen molar-refractivity contribution in [1.29, 1.82) is 0 Å². The van der Waals surface area contributed by atoms with Crippen molar-refractivity contribution in [2.24, 2.45) is 0 Å². The van der Waals surface area contributed by atoms with Gasteiger partial charge in [-0.15, -0.1) is 6.58 Å². The van der Waals surface area contributed by atoms with Crippen LogP contribution in [0.3, 0.4) is 0 Å². The van der Waals surface area contributed by atoms with Crippen molar-refractivity contribution >= 4 is 43.0 Å². The van der Waals surface area contributed by atoms with E-state index in [1.165, 1.54) is 27.7 Å². The van der Waals surface area contributed by atoms with Gasteiger partial charge in [0.15, 0.2) is 0 Å². The smallest absolute Gasteiger partial charge is 0.300 e. The Bertz CT molecular complexity index is 275. The van der Waals surface area contributed by atoms with Crippen LogP contribution in [0.2, 0.25) is 0 Å². The zero-order valence-corrected chi connectivity index (χ0v) is 18.0. The van der Waals surface area contributed by atoms with E-state index in [-0.39, 0.29) is 64.5 Å². The van der Waals surface area contributed by atoms with Crippen LogP contribution in [-0.2, 0) is 14.4 Å². The maximum absolute atomic E-state index is 11.0. The predicted octanol–water partition coefficient (Wildman–Crippen LogP) is 8.97. The van der Waals surface area contributed by atoms with Crippen LogP contribution in [0, 0.1) is 0 Å². The van der Waals surface area contributed by atoms with E-state index >= 15 is 0 Å². The molecule has 0 heterocycles. The van der Waals surface area contributed by atoms with Crippen LogP contribution in [0.25, 0.3) is 0 Å². The molecule has 0 aromatic carbocycles. The number of rotatable bonds is 0. The molecule has 0 amide bonds. The zero-order chi connectivity index (χ0) is 21.5. The van der Waals surface area contributed by atoms with Crippen LogP contribution in [0.1, 0.15) is 114 Å². The number of carboxylic acid groups (broad SMARTS) is 1. The highest BCUT2D eigenvalue weighted by molar-refractivity contribution is 7.80. The number of hydrogen-bond donors (Lipinski definition) is 1. The standard InChI is InChI=1S/C3H6F2.2C3H6O.C3H6S.C3H6.C2H4O2.6CH4.B/c1-3(2,4)5;3*1-3(2)4;1-3-2;1-2(3)4;;;;;;;/h1-2H3;3*1-2H3;3H,1H2,2H3;1H3,(H,3,4);6*1H4;. The summed E-state index contributed by atoms with van der Waals surface area (Å²) in [5.74, 6) is -3.00. The van der Waals surface area contributed by atoms with Crippen molar-refractivity contribution in [3.05, 3.63) is 12.7 Å². The zero-order valence-electron chi connectivity index (χ0n) is 17.2. The predicted molar refractivity (Wildman–Crippen MR) is 148 cm³/mol. The van der Waals surface area contributed by atoms with E-state index in [0.717, 1.165) is 25.6 Å². The minimum Gasteiger partial charge on any atom is -0.481 e. The molecule has 0 aromatic heterocycles. The lowest BCUT2D eigenvalue weighted by Crippen LogP contribution is -1.98. The number of carbonyl (C=O) groups is 3. The van der Waals surface area contributed by atoms with E-state index in [9.17, 15) is 18.4 Å². The average molecular weight is 480 g/mol. The van der Waals surface area contributed by atoms with Crippen LogP contribution in [-0.4, -0.2) is 41.8 Å². The van der Waals surface area contributed by atoms with E-state index in [0.29, 0.717) is 0 Å². The van der Waals surface area contributed by atoms with Gasteiger partial charge >= 0.3 is 0 Å². The molecule has 1 N–H and O–H groups in total. The molecule has 197 valence electrons. The molecule has 0 aliphatic heterocycles. The molecule has 0 rings (SSSR count). The fraction of sp³-hybridized carbons (Fsp3) is 0.739. The van der Waals surface area contributed by atoms with Crippen LogP contribution < -0.4 is 0 Å². The highest BCUT2D eigenvalue weighted by Crippen LogP contribution is 2.06. The summed E-state index contributed by atoms with van der Waals surface area (Å²) in [6.45, 7) is 17.9. The Hall–Kier alpha value is -1.44. The third kappa shape index (κ3) is 9790. The quantitative estimate of drug-likeness (QED) is 0.213. The molecule has 0 aromatic rings. The van der Waals surface area contributed by atoms with Gasteiger partial charge in [0.25, 0.3) is 5.97 Å². The first-order chi connectivity index (χ1) is 10.3. The van der Waals surface area contributed by atoms with Crippen molar-refractivity contribution in [2.45, 2.75) is 120 Å². The molecule has 0 bridgehead atoms. The molecular weight excluding hydrogens is 421 g/mol. The molecule has 0 saturated carbocycles. The molecule has 31 heavy (non-hydrogen) atoms. The van der Waals surface area contributed by atoms with Gasteiger partial charge in [-0.2, -0.15) is 0 Å². The van der Waals surface area contributed by atoms with Crippen molar-refractivity contribution in [3.8, 4) is 0 Å². The van der Waals surface area contributed by atoms with Gasteiger partial charge in [0.05, 0.1) is 0 Å². The van der Waals surface area contributed by atoms with Crippen LogP contribution >= 0.6 is 12.2 Å². The number of Topliss-reactive ketones (excluding diaryl/α,β-unsaturated/α-hetero) is 2. The Balaban J connectivity index is -0.0000000110. The number of aliphatic carboxylic acids is 1. The highest BCUT2D eigenvalue weighted by Gasteiger charge is 2.08. The number of hydrogen-bond acceptors (Lipinski definition) is 4. The van der Waals surface area contributed by atoms with Gasteiger partial charge in [0.2, 0.25) is 5.92 Å². The minimum absolute atomic E-state index is 0. The summed E-state index contributed by atoms with van der Waals surface area (Å²) in [6.07, 6.45) is 1.75. The second-order valence-corrected chi connectivity index (χ2v) is 5.80. The maximum atomic E-state index is 11.0. The van der Waals surface area contributed by atoms with Gasteiger partial charge in [-0.25, -0.2) is 8.78 Å². The molecule has 0 unspecified atom stereocenters. The summed E-state index contributed by atoms with van der Waals surface area (Å²) in [5, 5.41) is 7.42. The number of carbonyl (C=O) groups excluding carboxylic acids is 2. The molecule has 0 atom stereocenters. The van der Waals surface area contributed by atoms with Crippen molar-refractivity contribution in [2.75, 3.05) is 0 Å². The van der Waals surface area contributed by atoms with E-state index < -0.39 is 11.9 Å². The van der Waals surface area contributed by atoms with E-state index in [2.05, 4.69) is 18.8 Å². The summed E-state index contributed by atoms with van der Waals surface area (Å²) in [6, 6.07) is 0. The molecule has 0 spiro atoms. The lowest BCUT2D eigenvalue weighted by Gasteiger charge is -1.94. The van der Waals surface area contributed by atoms with Crippen LogP contribution in [0.15, 0.2) is 12.7 Å². The van der Waals surface area contributed by atoms with Crippen LogP contribution in [0.4, 0.5) is 8.78 Å².